The maximum atomic E-state index is 10.4. The van der Waals surface area contributed by atoms with Crippen LogP contribution in [-0.4, -0.2) is 19.8 Å². The molecule has 0 aliphatic heterocycles. The van der Waals surface area contributed by atoms with E-state index >= 15 is 0 Å². The van der Waals surface area contributed by atoms with Crippen molar-refractivity contribution in [2.75, 3.05) is 0 Å². The van der Waals surface area contributed by atoms with Gasteiger partial charge in [-0.3, -0.25) is 5.10 Å². The number of H-pyrrole nitrogens is 1. The Balaban J connectivity index is 2.90. The molecule has 0 spiro atoms. The lowest BCUT2D eigenvalue weighted by atomic mass is 10.4. The molecule has 62 valence electrons. The molecule has 0 amide bonds. The molecule has 2 aromatic rings. The van der Waals surface area contributed by atoms with Crippen molar-refractivity contribution >= 4 is 11.3 Å². The number of aromatic amines is 1. The average molecular weight is 165 g/mol. The van der Waals surface area contributed by atoms with Gasteiger partial charge in [-0.05, 0) is 19.0 Å². The Labute approximate surface area is 67.6 Å². The van der Waals surface area contributed by atoms with Gasteiger partial charge in [-0.2, -0.15) is 0 Å². The van der Waals surface area contributed by atoms with E-state index in [1.54, 1.807) is 18.4 Å². The van der Waals surface area contributed by atoms with E-state index in [4.69, 9.17) is 0 Å². The normalized spacial score (nSPS) is 10.8. The summed E-state index contributed by atoms with van der Waals surface area (Å²) in [4.78, 5) is 10.4. The van der Waals surface area contributed by atoms with Gasteiger partial charge < -0.3 is 0 Å². The lowest BCUT2D eigenvalue weighted by molar-refractivity contribution is 0.876. The number of fused-ring (bicyclic) bond motifs is 1. The molecule has 0 aromatic carbocycles. The molecule has 0 atom stereocenters. The number of nitroso groups, excluding NO2 is 1. The molecule has 0 fully saturated rings. The number of hydrogen-bond donors (Lipinski definition) is 1. The van der Waals surface area contributed by atoms with E-state index in [1.165, 1.54) is 0 Å². The average Bonchev–Trinajstić information content (AvgIpc) is 2.52. The number of nitrogens with zero attached hydrogens (tertiary/aromatic N) is 4. The van der Waals surface area contributed by atoms with Crippen LogP contribution in [0.15, 0.2) is 5.18 Å². The maximum absolute atomic E-state index is 10.4. The summed E-state index contributed by atoms with van der Waals surface area (Å²) in [6, 6.07) is 0. The van der Waals surface area contributed by atoms with Crippen molar-refractivity contribution < 1.29 is 0 Å². The van der Waals surface area contributed by atoms with Crippen LogP contribution in [0.4, 0.5) is 5.69 Å². The van der Waals surface area contributed by atoms with E-state index in [1.807, 2.05) is 0 Å². The second-order valence-electron chi connectivity index (χ2n) is 2.58. The highest BCUT2D eigenvalue weighted by Gasteiger charge is 2.12. The molecule has 1 N–H and O–H groups in total. The Hall–Kier alpha value is -1.72. The summed E-state index contributed by atoms with van der Waals surface area (Å²) in [6.07, 6.45) is 0. The van der Waals surface area contributed by atoms with Gasteiger partial charge in [0, 0.05) is 0 Å². The number of rotatable bonds is 1. The number of nitrogens with one attached hydrogen (secondary N) is 1. The summed E-state index contributed by atoms with van der Waals surface area (Å²) in [7, 11) is 0. The van der Waals surface area contributed by atoms with Crippen molar-refractivity contribution in [1.82, 2.24) is 19.8 Å². The second kappa shape index (κ2) is 2.13. The van der Waals surface area contributed by atoms with Crippen molar-refractivity contribution in [3.8, 4) is 0 Å². The molecule has 2 heterocycles. The van der Waals surface area contributed by atoms with E-state index in [-0.39, 0.29) is 0 Å². The van der Waals surface area contributed by atoms with E-state index in [0.717, 1.165) is 0 Å². The van der Waals surface area contributed by atoms with Crippen LogP contribution in [0, 0.1) is 18.8 Å². The van der Waals surface area contributed by atoms with Crippen LogP contribution in [0.25, 0.3) is 5.65 Å². The van der Waals surface area contributed by atoms with E-state index in [2.05, 4.69) is 20.5 Å². The maximum Gasteiger partial charge on any atom is 0.207 e. The van der Waals surface area contributed by atoms with Crippen LogP contribution in [-0.2, 0) is 0 Å². The van der Waals surface area contributed by atoms with Gasteiger partial charge in [0.25, 0.3) is 0 Å². The van der Waals surface area contributed by atoms with Gasteiger partial charge in [0.05, 0.1) is 5.69 Å². The largest absolute Gasteiger partial charge is 0.293 e. The molecule has 0 saturated heterocycles. The molecule has 2 rings (SSSR count). The fraction of sp³-hybridized carbons (Fsp3) is 0.333. The van der Waals surface area contributed by atoms with Crippen LogP contribution in [0.2, 0.25) is 0 Å². The molecule has 0 aliphatic rings. The van der Waals surface area contributed by atoms with Crippen molar-refractivity contribution in [2.24, 2.45) is 5.18 Å². The standard InChI is InChI=1S/C6H7N5O/c1-3-5(10-12)6-8-7-4(2)11(6)9-3/h9H,1-2H3. The predicted molar refractivity (Wildman–Crippen MR) is 42.3 cm³/mol. The molecule has 0 saturated carbocycles. The Kier molecular flexibility index (Phi) is 1.24. The Morgan fingerprint density at radius 1 is 1.42 bits per heavy atom. The summed E-state index contributed by atoms with van der Waals surface area (Å²) in [5.74, 6) is 0.711. The van der Waals surface area contributed by atoms with Gasteiger partial charge >= 0.3 is 0 Å². The highest BCUT2D eigenvalue weighted by Crippen LogP contribution is 2.22. The molecule has 6 heteroatoms. The highest BCUT2D eigenvalue weighted by atomic mass is 16.3. The first-order chi connectivity index (χ1) is 5.74. The lowest BCUT2D eigenvalue weighted by Crippen LogP contribution is -1.87. The molecule has 0 unspecified atom stereocenters. The SMILES string of the molecule is Cc1[nH]n2c(C)nnc2c1N=O. The Morgan fingerprint density at radius 2 is 2.17 bits per heavy atom. The molecule has 6 nitrogen and oxygen atoms in total. The summed E-state index contributed by atoms with van der Waals surface area (Å²) in [5, 5.41) is 13.4. The first-order valence-corrected chi connectivity index (χ1v) is 3.47. The molecule has 12 heavy (non-hydrogen) atoms. The minimum atomic E-state index is 0.329. The summed E-state index contributed by atoms with van der Waals surface area (Å²) < 4.78 is 1.63. The van der Waals surface area contributed by atoms with Gasteiger partial charge in [0.1, 0.15) is 5.82 Å². The fourth-order valence-electron chi connectivity index (χ4n) is 1.15. The third kappa shape index (κ3) is 0.687. The van der Waals surface area contributed by atoms with Crippen molar-refractivity contribution in [3.63, 3.8) is 0 Å². The zero-order chi connectivity index (χ0) is 8.72. The van der Waals surface area contributed by atoms with Crippen LogP contribution in [0.3, 0.4) is 0 Å². The lowest BCUT2D eigenvalue weighted by Gasteiger charge is -1.83. The van der Waals surface area contributed by atoms with Crippen molar-refractivity contribution in [3.05, 3.63) is 16.4 Å². The van der Waals surface area contributed by atoms with Crippen LogP contribution in [0.1, 0.15) is 11.5 Å². The fourth-order valence-corrected chi connectivity index (χ4v) is 1.15. The predicted octanol–water partition coefficient (Wildman–Crippen LogP) is 1.07. The number of aromatic nitrogens is 4. The zero-order valence-electron chi connectivity index (χ0n) is 6.70. The quantitative estimate of drug-likeness (QED) is 0.642. The highest BCUT2D eigenvalue weighted by molar-refractivity contribution is 5.66. The van der Waals surface area contributed by atoms with Gasteiger partial charge in [-0.25, -0.2) is 4.52 Å². The summed E-state index contributed by atoms with van der Waals surface area (Å²) in [6.45, 7) is 3.56. The van der Waals surface area contributed by atoms with Crippen molar-refractivity contribution in [1.29, 1.82) is 0 Å². The van der Waals surface area contributed by atoms with Crippen LogP contribution < -0.4 is 0 Å². The number of hydrogen-bond acceptors (Lipinski definition) is 4. The van der Waals surface area contributed by atoms with Gasteiger partial charge in [0.15, 0.2) is 5.69 Å². The molecule has 2 aromatic heterocycles. The minimum absolute atomic E-state index is 0.329. The van der Waals surface area contributed by atoms with E-state index in [9.17, 15) is 4.91 Å². The first-order valence-electron chi connectivity index (χ1n) is 3.47. The second-order valence-corrected chi connectivity index (χ2v) is 2.58. The molecule has 0 radical (unpaired) electrons. The monoisotopic (exact) mass is 165 g/mol. The summed E-state index contributed by atoms with van der Waals surface area (Å²) in [5.41, 5.74) is 1.52. The van der Waals surface area contributed by atoms with Crippen molar-refractivity contribution in [2.45, 2.75) is 13.8 Å². The van der Waals surface area contributed by atoms with Gasteiger partial charge in [0.2, 0.25) is 5.65 Å². The first kappa shape index (κ1) is 6.96. The molecule has 0 aliphatic carbocycles. The van der Waals surface area contributed by atoms with Gasteiger partial charge in [-0.15, -0.1) is 15.1 Å². The zero-order valence-corrected chi connectivity index (χ0v) is 6.70. The smallest absolute Gasteiger partial charge is 0.207 e. The molecular weight excluding hydrogens is 158 g/mol. The van der Waals surface area contributed by atoms with E-state index < -0.39 is 0 Å². The number of aryl methyl sites for hydroxylation is 2. The minimum Gasteiger partial charge on any atom is -0.293 e. The topological polar surface area (TPSA) is 75.4 Å². The van der Waals surface area contributed by atoms with Gasteiger partial charge in [-0.1, -0.05) is 0 Å². The summed E-state index contributed by atoms with van der Waals surface area (Å²) >= 11 is 0. The molecule has 0 bridgehead atoms. The molecular formula is C6H7N5O. The van der Waals surface area contributed by atoms with E-state index in [0.29, 0.717) is 22.9 Å². The third-order valence-corrected chi connectivity index (χ3v) is 1.76. The van der Waals surface area contributed by atoms with Crippen LogP contribution in [0.5, 0.6) is 0 Å². The Morgan fingerprint density at radius 3 is 2.83 bits per heavy atom. The Bertz CT molecular complexity index is 440. The van der Waals surface area contributed by atoms with Crippen LogP contribution >= 0.6 is 0 Å². The third-order valence-electron chi connectivity index (χ3n) is 1.76.